The van der Waals surface area contributed by atoms with Crippen molar-refractivity contribution in [2.45, 2.75) is 45.7 Å². The average Bonchev–Trinajstić information content (AvgIpc) is 2.98. The summed E-state index contributed by atoms with van der Waals surface area (Å²) in [6.07, 6.45) is 7.01. The molecule has 0 unspecified atom stereocenters. The van der Waals surface area contributed by atoms with Crippen molar-refractivity contribution in [2.24, 2.45) is 0 Å². The van der Waals surface area contributed by atoms with E-state index in [2.05, 4.69) is 31.0 Å². The van der Waals surface area contributed by atoms with E-state index in [4.69, 9.17) is 0 Å². The molecule has 1 aliphatic rings. The summed E-state index contributed by atoms with van der Waals surface area (Å²) in [5.74, 6) is 0.614. The Morgan fingerprint density at radius 1 is 1.32 bits per heavy atom. The van der Waals surface area contributed by atoms with Crippen LogP contribution >= 0.6 is 0 Å². The summed E-state index contributed by atoms with van der Waals surface area (Å²) in [6.45, 7) is 5.76. The fraction of sp³-hybridized carbons (Fsp3) is 0.444. The molecule has 1 atom stereocenters. The molecule has 0 N–H and O–H groups in total. The van der Waals surface area contributed by atoms with Crippen LogP contribution in [0.1, 0.15) is 47.9 Å². The minimum Gasteiger partial charge on any atom is -0.333 e. The van der Waals surface area contributed by atoms with E-state index in [1.54, 1.807) is 6.20 Å². The topological polar surface area (TPSA) is 38.1 Å². The summed E-state index contributed by atoms with van der Waals surface area (Å²) >= 11 is 0. The van der Waals surface area contributed by atoms with Crippen molar-refractivity contribution in [1.29, 1.82) is 0 Å². The van der Waals surface area contributed by atoms with Gasteiger partial charge < -0.3 is 9.47 Å². The van der Waals surface area contributed by atoms with Gasteiger partial charge in [-0.05, 0) is 44.2 Å². The van der Waals surface area contributed by atoms with Gasteiger partial charge in [0.15, 0.2) is 5.82 Å². The zero-order valence-electron chi connectivity index (χ0n) is 13.3. The number of hydrogen-bond donors (Lipinski definition) is 0. The van der Waals surface area contributed by atoms with E-state index >= 15 is 0 Å². The Labute approximate surface area is 131 Å². The first-order valence-electron chi connectivity index (χ1n) is 8.03. The highest BCUT2D eigenvalue weighted by atomic mass is 16.2. The average molecular weight is 297 g/mol. The summed E-state index contributed by atoms with van der Waals surface area (Å²) in [5, 5.41) is 0. The molecular formula is C18H23N3O. The summed E-state index contributed by atoms with van der Waals surface area (Å²) in [5.41, 5.74) is 2.46. The van der Waals surface area contributed by atoms with Crippen molar-refractivity contribution in [2.75, 3.05) is 6.54 Å². The smallest absolute Gasteiger partial charge is 0.290 e. The van der Waals surface area contributed by atoms with E-state index in [1.807, 2.05) is 27.8 Å². The predicted molar refractivity (Wildman–Crippen MR) is 86.9 cm³/mol. The second-order valence-corrected chi connectivity index (χ2v) is 6.15. The molecule has 2 heterocycles. The first kappa shape index (κ1) is 14.8. The van der Waals surface area contributed by atoms with Crippen LogP contribution in [0.4, 0.5) is 0 Å². The molecule has 116 valence electrons. The number of nitrogens with zero attached hydrogens (tertiary/aromatic N) is 3. The third-order valence-electron chi connectivity index (χ3n) is 4.57. The summed E-state index contributed by atoms with van der Waals surface area (Å²) in [4.78, 5) is 19.1. The van der Waals surface area contributed by atoms with E-state index in [-0.39, 0.29) is 5.91 Å². The number of amides is 1. The van der Waals surface area contributed by atoms with Crippen LogP contribution in [0.15, 0.2) is 36.7 Å². The lowest BCUT2D eigenvalue weighted by molar-refractivity contribution is 0.0618. The Balaban J connectivity index is 1.83. The normalized spacial score (nSPS) is 18.5. The van der Waals surface area contributed by atoms with Gasteiger partial charge in [-0.15, -0.1) is 0 Å². The van der Waals surface area contributed by atoms with Crippen LogP contribution < -0.4 is 0 Å². The molecule has 0 radical (unpaired) electrons. The van der Waals surface area contributed by atoms with Crippen molar-refractivity contribution >= 4 is 5.91 Å². The summed E-state index contributed by atoms with van der Waals surface area (Å²) in [7, 11) is 0. The number of aromatic nitrogens is 2. The lowest BCUT2D eigenvalue weighted by Crippen LogP contribution is -2.43. The molecular weight excluding hydrogens is 274 g/mol. The molecule has 3 rings (SSSR count). The highest BCUT2D eigenvalue weighted by Crippen LogP contribution is 2.19. The largest absolute Gasteiger partial charge is 0.333 e. The molecule has 0 aliphatic carbocycles. The van der Waals surface area contributed by atoms with Crippen molar-refractivity contribution in [1.82, 2.24) is 14.5 Å². The van der Waals surface area contributed by atoms with Crippen LogP contribution in [0.2, 0.25) is 0 Å². The van der Waals surface area contributed by atoms with Crippen LogP contribution in [-0.2, 0) is 6.54 Å². The Morgan fingerprint density at radius 2 is 2.14 bits per heavy atom. The van der Waals surface area contributed by atoms with Gasteiger partial charge in [-0.1, -0.05) is 24.3 Å². The molecule has 22 heavy (non-hydrogen) atoms. The van der Waals surface area contributed by atoms with Gasteiger partial charge in [0.1, 0.15) is 0 Å². The number of carbonyl (C=O) groups excluding carboxylic acids is 1. The van der Waals surface area contributed by atoms with Crippen LogP contribution in [0.5, 0.6) is 0 Å². The Bertz CT molecular complexity index is 662. The molecule has 4 nitrogen and oxygen atoms in total. The van der Waals surface area contributed by atoms with E-state index in [1.165, 1.54) is 17.5 Å². The van der Waals surface area contributed by atoms with Gasteiger partial charge >= 0.3 is 0 Å². The monoisotopic (exact) mass is 297 g/mol. The molecule has 0 saturated carbocycles. The van der Waals surface area contributed by atoms with Gasteiger partial charge in [0, 0.05) is 31.5 Å². The number of imidazole rings is 1. The number of rotatable bonds is 3. The number of aryl methyl sites for hydroxylation is 1. The number of carbonyl (C=O) groups is 1. The highest BCUT2D eigenvalue weighted by Gasteiger charge is 2.27. The van der Waals surface area contributed by atoms with Crippen LogP contribution in [0, 0.1) is 6.92 Å². The fourth-order valence-corrected chi connectivity index (χ4v) is 3.13. The molecule has 1 aromatic heterocycles. The van der Waals surface area contributed by atoms with Gasteiger partial charge in [0.25, 0.3) is 5.91 Å². The standard InChI is InChI=1S/C18H23N3O/c1-14-7-3-4-9-16(14)13-20-12-10-19-17(20)18(22)21-11-6-5-8-15(21)2/h3-4,7,9-10,12,15H,5-6,8,11,13H2,1-2H3/t15-/m1/s1. The van der Waals surface area contributed by atoms with Crippen molar-refractivity contribution < 1.29 is 4.79 Å². The van der Waals surface area contributed by atoms with Crippen molar-refractivity contribution in [3.8, 4) is 0 Å². The zero-order valence-corrected chi connectivity index (χ0v) is 13.3. The minimum atomic E-state index is 0.0609. The lowest BCUT2D eigenvalue weighted by atomic mass is 10.0. The molecule has 1 aliphatic heterocycles. The highest BCUT2D eigenvalue weighted by molar-refractivity contribution is 5.91. The predicted octanol–water partition coefficient (Wildman–Crippen LogP) is 3.25. The van der Waals surface area contributed by atoms with Crippen LogP contribution in [0.3, 0.4) is 0 Å². The second kappa shape index (κ2) is 6.34. The van der Waals surface area contributed by atoms with E-state index < -0.39 is 0 Å². The maximum Gasteiger partial charge on any atom is 0.290 e. The van der Waals surface area contributed by atoms with Gasteiger partial charge in [-0.2, -0.15) is 0 Å². The third kappa shape index (κ3) is 2.91. The van der Waals surface area contributed by atoms with Crippen LogP contribution in [0.25, 0.3) is 0 Å². The SMILES string of the molecule is Cc1ccccc1Cn1ccnc1C(=O)N1CCCC[C@H]1C. The minimum absolute atomic E-state index is 0.0609. The first-order chi connectivity index (χ1) is 10.7. The Hall–Kier alpha value is -2.10. The molecule has 1 fully saturated rings. The van der Waals surface area contributed by atoms with E-state index in [9.17, 15) is 4.79 Å². The maximum absolute atomic E-state index is 12.8. The molecule has 1 amide bonds. The maximum atomic E-state index is 12.8. The summed E-state index contributed by atoms with van der Waals surface area (Å²) < 4.78 is 1.96. The number of hydrogen-bond acceptors (Lipinski definition) is 2. The first-order valence-corrected chi connectivity index (χ1v) is 8.03. The third-order valence-corrected chi connectivity index (χ3v) is 4.57. The molecule has 0 spiro atoms. The number of benzene rings is 1. The molecule has 1 aromatic carbocycles. The Kier molecular flexibility index (Phi) is 4.27. The lowest BCUT2D eigenvalue weighted by Gasteiger charge is -2.33. The van der Waals surface area contributed by atoms with Crippen LogP contribution in [-0.4, -0.2) is 32.9 Å². The van der Waals surface area contributed by atoms with Crippen molar-refractivity contribution in [3.63, 3.8) is 0 Å². The molecule has 0 bridgehead atoms. The van der Waals surface area contributed by atoms with Gasteiger partial charge in [-0.3, -0.25) is 4.79 Å². The van der Waals surface area contributed by atoms with Gasteiger partial charge in [-0.25, -0.2) is 4.98 Å². The zero-order chi connectivity index (χ0) is 15.5. The van der Waals surface area contributed by atoms with E-state index in [0.29, 0.717) is 18.4 Å². The van der Waals surface area contributed by atoms with Gasteiger partial charge in [0.05, 0.1) is 0 Å². The molecule has 2 aromatic rings. The molecule has 4 heteroatoms. The number of piperidine rings is 1. The summed E-state index contributed by atoms with van der Waals surface area (Å²) in [6, 6.07) is 8.58. The quantitative estimate of drug-likeness (QED) is 0.872. The Morgan fingerprint density at radius 3 is 2.91 bits per heavy atom. The van der Waals surface area contributed by atoms with E-state index in [0.717, 1.165) is 19.4 Å². The van der Waals surface area contributed by atoms with Gasteiger partial charge in [0.2, 0.25) is 0 Å². The fourth-order valence-electron chi connectivity index (χ4n) is 3.13. The number of likely N-dealkylation sites (tertiary alicyclic amines) is 1. The van der Waals surface area contributed by atoms with Crippen molar-refractivity contribution in [3.05, 3.63) is 53.6 Å². The second-order valence-electron chi connectivity index (χ2n) is 6.15. The molecule has 1 saturated heterocycles.